The molecule has 0 rings (SSSR count). The number of methoxy groups -OCH3 is 1. The molecule has 4 amide bonds. The largest absolute Gasteiger partial charge is 0.388 e. The van der Waals surface area contributed by atoms with E-state index in [1.54, 1.807) is 19.5 Å². The highest BCUT2D eigenvalue weighted by Crippen LogP contribution is 1.51. The average molecular weight is 149 g/mol. The molecule has 0 aromatic carbocycles. The molecule has 0 aliphatic heterocycles. The van der Waals surface area contributed by atoms with Crippen LogP contribution in [0.4, 0.5) is 9.59 Å². The van der Waals surface area contributed by atoms with Crippen molar-refractivity contribution in [3.63, 3.8) is 0 Å². The third kappa shape index (κ3) is 29.9. The van der Waals surface area contributed by atoms with E-state index in [9.17, 15) is 9.59 Å². The molecule has 0 unspecified atom stereocenters. The minimum Gasteiger partial charge on any atom is -0.388 e. The first-order valence-electron chi connectivity index (χ1n) is 2.30. The Balaban J connectivity index is 0. The van der Waals surface area contributed by atoms with E-state index in [4.69, 9.17) is 0 Å². The van der Waals surface area contributed by atoms with Crippen molar-refractivity contribution in [1.82, 2.24) is 5.32 Å². The predicted molar refractivity (Wildman–Crippen MR) is 35.2 cm³/mol. The van der Waals surface area contributed by atoms with Crippen molar-refractivity contribution in [3.8, 4) is 0 Å². The van der Waals surface area contributed by atoms with Crippen LogP contribution in [0, 0.1) is 0 Å². The lowest BCUT2D eigenvalue weighted by atomic mass is 10.9. The smallest absolute Gasteiger partial charge is 0.320 e. The van der Waals surface area contributed by atoms with E-state index >= 15 is 0 Å². The number of imide groups is 1. The van der Waals surface area contributed by atoms with Gasteiger partial charge in [-0.3, -0.25) is 5.32 Å². The molecule has 6 heteroatoms. The number of nitrogens with two attached hydrogens (primary N) is 2. The van der Waals surface area contributed by atoms with E-state index in [1.165, 1.54) is 0 Å². The first-order valence-corrected chi connectivity index (χ1v) is 2.30. The Kier molecular flexibility index (Phi) is 8.85. The van der Waals surface area contributed by atoms with Crippen LogP contribution in [0.5, 0.6) is 0 Å². The van der Waals surface area contributed by atoms with Gasteiger partial charge >= 0.3 is 12.1 Å². The molecule has 0 saturated heterocycles. The Morgan fingerprint density at radius 2 is 1.40 bits per heavy atom. The maximum Gasteiger partial charge on any atom is 0.320 e. The molecule has 0 fully saturated rings. The van der Waals surface area contributed by atoms with Gasteiger partial charge in [0, 0.05) is 14.2 Å². The summed E-state index contributed by atoms with van der Waals surface area (Å²) in [6.07, 6.45) is 0. The Bertz CT molecular complexity index is 102. The number of ether oxygens (including phenoxy) is 1. The molecule has 0 saturated carbocycles. The molecule has 0 heterocycles. The molecule has 0 aromatic rings. The molecular weight excluding hydrogens is 138 g/mol. The predicted octanol–water partition coefficient (Wildman–Crippen LogP) is -1.00. The fraction of sp³-hybridized carbons (Fsp3) is 0.500. The lowest BCUT2D eigenvalue weighted by Gasteiger charge is -1.88. The molecule has 0 atom stereocenters. The molecule has 6 nitrogen and oxygen atoms in total. The van der Waals surface area contributed by atoms with Crippen molar-refractivity contribution in [2.45, 2.75) is 0 Å². The van der Waals surface area contributed by atoms with Gasteiger partial charge < -0.3 is 16.2 Å². The van der Waals surface area contributed by atoms with Crippen LogP contribution in [0.15, 0.2) is 0 Å². The molecule has 60 valence electrons. The number of carbonyl (C=O) groups excluding carboxylic acids is 2. The van der Waals surface area contributed by atoms with Crippen LogP contribution >= 0.6 is 0 Å². The Morgan fingerprint density at radius 1 is 1.20 bits per heavy atom. The van der Waals surface area contributed by atoms with Crippen molar-refractivity contribution >= 4 is 12.1 Å². The van der Waals surface area contributed by atoms with E-state index in [-0.39, 0.29) is 0 Å². The number of primary amides is 2. The zero-order valence-corrected chi connectivity index (χ0v) is 5.88. The van der Waals surface area contributed by atoms with E-state index in [0.717, 1.165) is 0 Å². The Morgan fingerprint density at radius 3 is 1.40 bits per heavy atom. The van der Waals surface area contributed by atoms with Crippen LogP contribution in [-0.2, 0) is 4.74 Å². The topological polar surface area (TPSA) is 107 Å². The maximum absolute atomic E-state index is 9.62. The van der Waals surface area contributed by atoms with Gasteiger partial charge in [-0.25, -0.2) is 9.59 Å². The Labute approximate surface area is 58.5 Å². The maximum atomic E-state index is 9.62. The number of hydrogen-bond acceptors (Lipinski definition) is 3. The van der Waals surface area contributed by atoms with Gasteiger partial charge in [0.2, 0.25) is 0 Å². The van der Waals surface area contributed by atoms with E-state index < -0.39 is 12.1 Å². The SMILES string of the molecule is COC.NC(=O)NC(N)=O. The second-order valence-electron chi connectivity index (χ2n) is 1.26. The van der Waals surface area contributed by atoms with Crippen LogP contribution in [-0.4, -0.2) is 26.3 Å². The summed E-state index contributed by atoms with van der Waals surface area (Å²) < 4.78 is 4.25. The van der Waals surface area contributed by atoms with Gasteiger partial charge in [0.1, 0.15) is 0 Å². The number of amides is 4. The number of carbonyl (C=O) groups is 2. The van der Waals surface area contributed by atoms with Gasteiger partial charge in [-0.2, -0.15) is 0 Å². The van der Waals surface area contributed by atoms with Gasteiger partial charge in [-0.05, 0) is 0 Å². The van der Waals surface area contributed by atoms with Crippen LogP contribution in [0.1, 0.15) is 0 Å². The molecular formula is C4H11N3O3. The second kappa shape index (κ2) is 7.70. The number of rotatable bonds is 0. The minimum atomic E-state index is -0.938. The summed E-state index contributed by atoms with van der Waals surface area (Å²) in [7, 11) is 3.25. The monoisotopic (exact) mass is 149 g/mol. The highest BCUT2D eigenvalue weighted by atomic mass is 16.4. The molecule has 0 spiro atoms. The van der Waals surface area contributed by atoms with Crippen LogP contribution in [0.3, 0.4) is 0 Å². The summed E-state index contributed by atoms with van der Waals surface area (Å²) in [6, 6.07) is -1.88. The minimum absolute atomic E-state index is 0.937. The number of hydrogen-bond donors (Lipinski definition) is 3. The molecule has 0 radical (unpaired) electrons. The molecule has 0 aliphatic rings. The highest BCUT2D eigenvalue weighted by molar-refractivity contribution is 5.91. The summed E-state index contributed by atoms with van der Waals surface area (Å²) in [5.41, 5.74) is 8.88. The summed E-state index contributed by atoms with van der Waals surface area (Å²) in [5, 5.41) is 1.58. The highest BCUT2D eigenvalue weighted by Gasteiger charge is 1.92. The zero-order valence-electron chi connectivity index (χ0n) is 5.88. The number of urea groups is 2. The average Bonchev–Trinajstić information content (AvgIpc) is 1.62. The standard InChI is InChI=1S/C2H5N3O2.C2H6O/c3-1(6)5-2(4)7;1-3-2/h(H5,3,4,5,6,7);1-2H3. The van der Waals surface area contributed by atoms with Gasteiger partial charge in [-0.15, -0.1) is 0 Å². The molecule has 10 heavy (non-hydrogen) atoms. The fourth-order valence-corrected chi connectivity index (χ4v) is 0.121. The quantitative estimate of drug-likeness (QED) is 0.411. The van der Waals surface area contributed by atoms with Crippen LogP contribution in [0.2, 0.25) is 0 Å². The zero-order chi connectivity index (χ0) is 8.57. The second-order valence-corrected chi connectivity index (χ2v) is 1.26. The molecule has 0 aliphatic carbocycles. The van der Waals surface area contributed by atoms with Crippen molar-refractivity contribution in [1.29, 1.82) is 0 Å². The summed E-state index contributed by atoms with van der Waals surface area (Å²) in [5.74, 6) is 0. The lowest BCUT2D eigenvalue weighted by molar-refractivity contribution is 0.236. The fourth-order valence-electron chi connectivity index (χ4n) is 0.121. The lowest BCUT2D eigenvalue weighted by Crippen LogP contribution is -2.38. The van der Waals surface area contributed by atoms with E-state index in [2.05, 4.69) is 16.2 Å². The third-order valence-electron chi connectivity index (χ3n) is 0.246. The van der Waals surface area contributed by atoms with Crippen molar-refractivity contribution in [3.05, 3.63) is 0 Å². The first-order chi connectivity index (χ1) is 4.54. The van der Waals surface area contributed by atoms with Gasteiger partial charge in [0.15, 0.2) is 0 Å². The summed E-state index contributed by atoms with van der Waals surface area (Å²) >= 11 is 0. The van der Waals surface area contributed by atoms with E-state index in [1.807, 2.05) is 0 Å². The van der Waals surface area contributed by atoms with Crippen LogP contribution in [0.25, 0.3) is 0 Å². The van der Waals surface area contributed by atoms with E-state index in [0.29, 0.717) is 0 Å². The Hall–Kier alpha value is -1.30. The third-order valence-corrected chi connectivity index (χ3v) is 0.246. The van der Waals surface area contributed by atoms with Crippen molar-refractivity contribution in [2.75, 3.05) is 14.2 Å². The van der Waals surface area contributed by atoms with Gasteiger partial charge in [0.05, 0.1) is 0 Å². The first kappa shape index (κ1) is 11.5. The number of nitrogens with one attached hydrogen (secondary N) is 1. The van der Waals surface area contributed by atoms with Gasteiger partial charge in [0.25, 0.3) is 0 Å². The van der Waals surface area contributed by atoms with Crippen molar-refractivity contribution in [2.24, 2.45) is 11.5 Å². The van der Waals surface area contributed by atoms with Gasteiger partial charge in [-0.1, -0.05) is 0 Å². The molecule has 0 bridgehead atoms. The van der Waals surface area contributed by atoms with Crippen molar-refractivity contribution < 1.29 is 14.3 Å². The summed E-state index contributed by atoms with van der Waals surface area (Å²) in [6.45, 7) is 0. The normalized spacial score (nSPS) is 7.00. The summed E-state index contributed by atoms with van der Waals surface area (Å²) in [4.78, 5) is 19.2. The molecule has 0 aromatic heterocycles. The molecule has 5 N–H and O–H groups in total. The van der Waals surface area contributed by atoms with Crippen LogP contribution < -0.4 is 16.8 Å².